The number of hydrogen-bond acceptors (Lipinski definition) is 3. The molecular weight excluding hydrogens is 238 g/mol. The lowest BCUT2D eigenvalue weighted by molar-refractivity contribution is 0.680. The number of anilines is 1. The highest BCUT2D eigenvalue weighted by Crippen LogP contribution is 2.08. The minimum atomic E-state index is 0.551. The Bertz CT molecular complexity index is 637. The molecule has 0 aliphatic carbocycles. The van der Waals surface area contributed by atoms with Crippen LogP contribution in [0, 0.1) is 0 Å². The molecule has 96 valence electrons. The first kappa shape index (κ1) is 11.5. The van der Waals surface area contributed by atoms with E-state index in [1.54, 1.807) is 12.3 Å². The summed E-state index contributed by atoms with van der Waals surface area (Å²) in [6, 6.07) is 12.2. The third-order valence-electron chi connectivity index (χ3n) is 2.93. The molecule has 3 rings (SSSR count). The average Bonchev–Trinajstić information content (AvgIpc) is 3.04. The van der Waals surface area contributed by atoms with Crippen molar-refractivity contribution in [3.63, 3.8) is 0 Å². The molecule has 0 bridgehead atoms. The zero-order valence-electron chi connectivity index (χ0n) is 10.5. The fourth-order valence-corrected chi connectivity index (χ4v) is 1.98. The molecule has 0 aliphatic heterocycles. The van der Waals surface area contributed by atoms with Crippen molar-refractivity contribution in [3.05, 3.63) is 66.1 Å². The molecule has 19 heavy (non-hydrogen) atoms. The zero-order chi connectivity index (χ0) is 13.1. The molecular formula is C14H15N5. The number of aromatic nitrogens is 4. The molecule has 0 atom stereocenters. The quantitative estimate of drug-likeness (QED) is 0.770. The van der Waals surface area contributed by atoms with Gasteiger partial charge >= 0.3 is 0 Å². The number of nitrogens with zero attached hydrogens (tertiary/aromatic N) is 4. The van der Waals surface area contributed by atoms with Gasteiger partial charge in [-0.05, 0) is 23.3 Å². The molecule has 0 fully saturated rings. The Hall–Kier alpha value is -2.56. The van der Waals surface area contributed by atoms with Crippen molar-refractivity contribution in [3.8, 4) is 0 Å². The Morgan fingerprint density at radius 3 is 2.11 bits per heavy atom. The molecule has 1 aromatic carbocycles. The highest BCUT2D eigenvalue weighted by Gasteiger charge is 1.99. The van der Waals surface area contributed by atoms with Gasteiger partial charge in [-0.25, -0.2) is 0 Å². The molecule has 0 unspecified atom stereocenters. The van der Waals surface area contributed by atoms with Gasteiger partial charge in [0.05, 0.1) is 13.1 Å². The largest absolute Gasteiger partial charge is 0.382 e. The van der Waals surface area contributed by atoms with Crippen LogP contribution in [0.3, 0.4) is 0 Å². The number of hydrogen-bond donors (Lipinski definition) is 1. The van der Waals surface area contributed by atoms with Gasteiger partial charge in [-0.15, -0.1) is 0 Å². The van der Waals surface area contributed by atoms with Gasteiger partial charge in [-0.2, -0.15) is 10.2 Å². The summed E-state index contributed by atoms with van der Waals surface area (Å²) in [4.78, 5) is 0. The van der Waals surface area contributed by atoms with E-state index < -0.39 is 0 Å². The minimum Gasteiger partial charge on any atom is -0.382 e. The van der Waals surface area contributed by atoms with E-state index in [0.29, 0.717) is 5.82 Å². The topological polar surface area (TPSA) is 61.7 Å². The molecule has 2 heterocycles. The van der Waals surface area contributed by atoms with Crippen LogP contribution in [0.5, 0.6) is 0 Å². The first-order chi connectivity index (χ1) is 9.29. The Morgan fingerprint density at radius 2 is 1.58 bits per heavy atom. The smallest absolute Gasteiger partial charge is 0.145 e. The number of nitrogen functional groups attached to an aromatic ring is 1. The summed E-state index contributed by atoms with van der Waals surface area (Å²) in [6.07, 6.45) is 5.63. The van der Waals surface area contributed by atoms with Crippen LogP contribution in [0.15, 0.2) is 55.0 Å². The van der Waals surface area contributed by atoms with Crippen molar-refractivity contribution < 1.29 is 0 Å². The summed E-state index contributed by atoms with van der Waals surface area (Å²) in [7, 11) is 0. The minimum absolute atomic E-state index is 0.551. The molecule has 5 nitrogen and oxygen atoms in total. The summed E-state index contributed by atoms with van der Waals surface area (Å²) in [6.45, 7) is 1.53. The fourth-order valence-electron chi connectivity index (χ4n) is 1.98. The molecule has 2 N–H and O–H groups in total. The van der Waals surface area contributed by atoms with Gasteiger partial charge in [0.25, 0.3) is 0 Å². The van der Waals surface area contributed by atoms with E-state index in [9.17, 15) is 0 Å². The number of nitrogens with two attached hydrogens (primary N) is 1. The van der Waals surface area contributed by atoms with Crippen molar-refractivity contribution in [1.29, 1.82) is 0 Å². The van der Waals surface area contributed by atoms with Gasteiger partial charge in [-0.1, -0.05) is 24.3 Å². The second kappa shape index (κ2) is 4.97. The van der Waals surface area contributed by atoms with Crippen LogP contribution in [0.2, 0.25) is 0 Å². The molecule has 3 aromatic rings. The second-order valence-corrected chi connectivity index (χ2v) is 4.46. The lowest BCUT2D eigenvalue weighted by Crippen LogP contribution is -2.02. The van der Waals surface area contributed by atoms with Gasteiger partial charge in [0, 0.05) is 18.6 Å². The van der Waals surface area contributed by atoms with E-state index in [2.05, 4.69) is 34.5 Å². The van der Waals surface area contributed by atoms with Crippen molar-refractivity contribution in [2.45, 2.75) is 13.1 Å². The van der Waals surface area contributed by atoms with E-state index in [0.717, 1.165) is 13.1 Å². The summed E-state index contributed by atoms with van der Waals surface area (Å²) in [5.74, 6) is 0.551. The Balaban J connectivity index is 1.68. The highest BCUT2D eigenvalue weighted by molar-refractivity contribution is 5.26. The van der Waals surface area contributed by atoms with Crippen LogP contribution < -0.4 is 5.73 Å². The Labute approximate surface area is 111 Å². The van der Waals surface area contributed by atoms with Gasteiger partial charge in [0.15, 0.2) is 0 Å². The van der Waals surface area contributed by atoms with E-state index in [1.165, 1.54) is 11.1 Å². The summed E-state index contributed by atoms with van der Waals surface area (Å²) >= 11 is 0. The van der Waals surface area contributed by atoms with Crippen LogP contribution >= 0.6 is 0 Å². The summed E-state index contributed by atoms with van der Waals surface area (Å²) < 4.78 is 3.74. The van der Waals surface area contributed by atoms with Crippen LogP contribution in [-0.2, 0) is 13.1 Å². The molecule has 0 saturated carbocycles. The number of benzene rings is 1. The summed E-state index contributed by atoms with van der Waals surface area (Å²) in [5, 5.41) is 8.36. The fraction of sp³-hybridized carbons (Fsp3) is 0.143. The van der Waals surface area contributed by atoms with Crippen molar-refractivity contribution in [1.82, 2.24) is 19.6 Å². The molecule has 0 amide bonds. The van der Waals surface area contributed by atoms with Gasteiger partial charge in [0.1, 0.15) is 5.82 Å². The van der Waals surface area contributed by atoms with Crippen LogP contribution in [0.25, 0.3) is 0 Å². The van der Waals surface area contributed by atoms with Crippen molar-refractivity contribution in [2.75, 3.05) is 5.73 Å². The predicted octanol–water partition coefficient (Wildman–Crippen LogP) is 1.76. The zero-order valence-corrected chi connectivity index (χ0v) is 10.5. The Morgan fingerprint density at radius 1 is 0.895 bits per heavy atom. The van der Waals surface area contributed by atoms with E-state index in [4.69, 9.17) is 5.73 Å². The van der Waals surface area contributed by atoms with Gasteiger partial charge in [0.2, 0.25) is 0 Å². The van der Waals surface area contributed by atoms with Crippen molar-refractivity contribution in [2.24, 2.45) is 0 Å². The molecule has 0 spiro atoms. The third-order valence-corrected chi connectivity index (χ3v) is 2.93. The van der Waals surface area contributed by atoms with Crippen LogP contribution in [0.1, 0.15) is 11.1 Å². The maximum absolute atomic E-state index is 5.59. The van der Waals surface area contributed by atoms with Gasteiger partial charge < -0.3 is 5.73 Å². The predicted molar refractivity (Wildman–Crippen MR) is 73.5 cm³/mol. The lowest BCUT2D eigenvalue weighted by atomic mass is 10.1. The second-order valence-electron chi connectivity index (χ2n) is 4.46. The molecule has 0 radical (unpaired) electrons. The first-order valence-electron chi connectivity index (χ1n) is 6.14. The maximum atomic E-state index is 5.59. The standard InChI is InChI=1S/C14H15N5/c15-14-6-9-19(17-14)11-13-4-2-12(3-5-13)10-18-8-1-7-16-18/h1-9H,10-11H2,(H2,15,17). The molecule has 5 heteroatoms. The van der Waals surface area contributed by atoms with Crippen LogP contribution in [-0.4, -0.2) is 19.6 Å². The summed E-state index contributed by atoms with van der Waals surface area (Å²) in [5.41, 5.74) is 8.02. The van der Waals surface area contributed by atoms with Crippen molar-refractivity contribution >= 4 is 5.82 Å². The lowest BCUT2D eigenvalue weighted by Gasteiger charge is -2.05. The highest BCUT2D eigenvalue weighted by atomic mass is 15.3. The average molecular weight is 253 g/mol. The normalized spacial score (nSPS) is 10.7. The maximum Gasteiger partial charge on any atom is 0.145 e. The monoisotopic (exact) mass is 253 g/mol. The third kappa shape index (κ3) is 2.82. The van der Waals surface area contributed by atoms with Crippen LogP contribution in [0.4, 0.5) is 5.82 Å². The molecule has 0 saturated heterocycles. The SMILES string of the molecule is Nc1ccn(Cc2ccc(Cn3cccn3)cc2)n1. The molecule has 0 aliphatic rings. The first-order valence-corrected chi connectivity index (χ1v) is 6.14. The van der Waals surface area contributed by atoms with E-state index >= 15 is 0 Å². The Kier molecular flexibility index (Phi) is 3.02. The van der Waals surface area contributed by atoms with E-state index in [-0.39, 0.29) is 0 Å². The van der Waals surface area contributed by atoms with Gasteiger partial charge in [-0.3, -0.25) is 9.36 Å². The molecule has 2 aromatic heterocycles. The number of rotatable bonds is 4. The van der Waals surface area contributed by atoms with E-state index in [1.807, 2.05) is 27.8 Å².